The molecular weight excluding hydrogens is 416 g/mol. The van der Waals surface area contributed by atoms with Crippen LogP contribution in [0.1, 0.15) is 36.1 Å². The summed E-state index contributed by atoms with van der Waals surface area (Å²) in [7, 11) is 0. The van der Waals surface area contributed by atoms with Gasteiger partial charge in [0.25, 0.3) is 0 Å². The summed E-state index contributed by atoms with van der Waals surface area (Å²) < 4.78 is 0. The quantitative estimate of drug-likeness (QED) is 0.301. The highest BCUT2D eigenvalue weighted by atomic mass is 32.1. The van der Waals surface area contributed by atoms with Crippen molar-refractivity contribution in [2.75, 3.05) is 0 Å². The van der Waals surface area contributed by atoms with Crippen molar-refractivity contribution in [1.82, 2.24) is 0 Å². The van der Waals surface area contributed by atoms with Gasteiger partial charge in [0, 0.05) is 9.75 Å². The molecule has 0 saturated heterocycles. The van der Waals surface area contributed by atoms with E-state index in [9.17, 15) is 0 Å². The molecule has 166 valence electrons. The first-order chi connectivity index (χ1) is 16.0. The van der Waals surface area contributed by atoms with Crippen molar-refractivity contribution in [3.8, 4) is 20.9 Å². The van der Waals surface area contributed by atoms with E-state index in [2.05, 4.69) is 112 Å². The minimum absolute atomic E-state index is 1.17. The summed E-state index contributed by atoms with van der Waals surface area (Å²) in [6.07, 6.45) is 16.2. The molecule has 0 fully saturated rings. The number of thiophene rings is 1. The lowest BCUT2D eigenvalue weighted by atomic mass is 9.98. The Morgan fingerprint density at radius 3 is 1.48 bits per heavy atom. The zero-order valence-electron chi connectivity index (χ0n) is 20.1. The Morgan fingerprint density at radius 2 is 1.12 bits per heavy atom. The molecule has 33 heavy (non-hydrogen) atoms. The third kappa shape index (κ3) is 5.50. The Hall–Kier alpha value is -3.42. The van der Waals surface area contributed by atoms with Crippen molar-refractivity contribution >= 4 is 22.5 Å². The van der Waals surface area contributed by atoms with Crippen LogP contribution >= 0.6 is 11.3 Å². The van der Waals surface area contributed by atoms with Crippen LogP contribution in [0.3, 0.4) is 0 Å². The van der Waals surface area contributed by atoms with Gasteiger partial charge in [-0.2, -0.15) is 0 Å². The van der Waals surface area contributed by atoms with E-state index < -0.39 is 0 Å². The van der Waals surface area contributed by atoms with Crippen molar-refractivity contribution in [2.45, 2.75) is 27.7 Å². The number of rotatable bonds is 8. The largest absolute Gasteiger partial charge is 0.135 e. The Bertz CT molecular complexity index is 1170. The van der Waals surface area contributed by atoms with Crippen LogP contribution in [0.2, 0.25) is 0 Å². The van der Waals surface area contributed by atoms with Gasteiger partial charge in [-0.3, -0.25) is 0 Å². The summed E-state index contributed by atoms with van der Waals surface area (Å²) in [5, 5.41) is 0. The molecule has 1 heteroatoms. The third-order valence-electron chi connectivity index (χ3n) is 5.65. The van der Waals surface area contributed by atoms with Crippen LogP contribution in [-0.4, -0.2) is 0 Å². The Morgan fingerprint density at radius 1 is 0.697 bits per heavy atom. The summed E-state index contributed by atoms with van der Waals surface area (Å²) in [6, 6.07) is 17.6. The fourth-order valence-corrected chi connectivity index (χ4v) is 5.24. The molecule has 0 bridgehead atoms. The molecule has 0 aliphatic carbocycles. The van der Waals surface area contributed by atoms with E-state index in [4.69, 9.17) is 0 Å². The molecule has 0 saturated carbocycles. The molecule has 0 spiro atoms. The molecule has 0 unspecified atom stereocenters. The molecule has 0 N–H and O–H groups in total. The monoisotopic (exact) mass is 448 g/mol. The molecule has 2 aromatic carbocycles. The fourth-order valence-electron chi connectivity index (χ4n) is 3.94. The van der Waals surface area contributed by atoms with Crippen LogP contribution in [0.4, 0.5) is 0 Å². The average molecular weight is 449 g/mol. The van der Waals surface area contributed by atoms with Crippen LogP contribution in [0.5, 0.6) is 0 Å². The maximum atomic E-state index is 3.87. The van der Waals surface area contributed by atoms with Gasteiger partial charge in [0.1, 0.15) is 0 Å². The lowest BCUT2D eigenvalue weighted by Crippen LogP contribution is -1.85. The topological polar surface area (TPSA) is 0 Å². The minimum atomic E-state index is 1.17. The predicted octanol–water partition coefficient (Wildman–Crippen LogP) is 9.99. The van der Waals surface area contributed by atoms with E-state index in [1.54, 1.807) is 0 Å². The molecule has 0 aliphatic rings. The molecular formula is C32H32S. The summed E-state index contributed by atoms with van der Waals surface area (Å²) in [4.78, 5) is 2.65. The minimum Gasteiger partial charge on any atom is -0.135 e. The summed E-state index contributed by atoms with van der Waals surface area (Å²) >= 11 is 1.87. The molecule has 0 amide bonds. The second-order valence-corrected chi connectivity index (χ2v) is 8.91. The molecule has 0 aliphatic heterocycles. The van der Waals surface area contributed by atoms with E-state index >= 15 is 0 Å². The number of benzene rings is 2. The van der Waals surface area contributed by atoms with E-state index in [1.807, 2.05) is 37.3 Å². The second-order valence-electron chi connectivity index (χ2n) is 7.89. The van der Waals surface area contributed by atoms with Crippen LogP contribution in [0, 0.1) is 13.8 Å². The fraction of sp³-hybridized carbons (Fsp3) is 0.125. The summed E-state index contributed by atoms with van der Waals surface area (Å²) in [5.74, 6) is 0. The highest BCUT2D eigenvalue weighted by molar-refractivity contribution is 7.19. The smallest absolute Gasteiger partial charge is 0.0381 e. The lowest BCUT2D eigenvalue weighted by Gasteiger charge is -2.06. The standard InChI is InChI=1S/C32H32S/c1-7-13-25(14-8-2)27-17-11-19-29(21-27)31-23(5)24(6)32(33-31)30-20-12-18-28(22-30)26(15-9-3)16-10-4/h7-22H,1,3H2,2,4-6H3/b14-8-,16-10-,25-13+,26-15+. The van der Waals surface area contributed by atoms with Gasteiger partial charge in [0.15, 0.2) is 0 Å². The van der Waals surface area contributed by atoms with Crippen molar-refractivity contribution in [2.24, 2.45) is 0 Å². The number of hydrogen-bond acceptors (Lipinski definition) is 1. The van der Waals surface area contributed by atoms with Crippen molar-refractivity contribution < 1.29 is 0 Å². The summed E-state index contributed by atoms with van der Waals surface area (Å²) in [6.45, 7) is 16.3. The van der Waals surface area contributed by atoms with Crippen molar-refractivity contribution in [3.63, 3.8) is 0 Å². The van der Waals surface area contributed by atoms with Crippen molar-refractivity contribution in [1.29, 1.82) is 0 Å². The Kier molecular flexibility index (Phi) is 8.40. The van der Waals surface area contributed by atoms with Gasteiger partial charge in [-0.15, -0.1) is 11.3 Å². The van der Waals surface area contributed by atoms with Gasteiger partial charge in [-0.25, -0.2) is 0 Å². The lowest BCUT2D eigenvalue weighted by molar-refractivity contribution is 1.40. The van der Waals surface area contributed by atoms with Gasteiger partial charge < -0.3 is 0 Å². The van der Waals surface area contributed by atoms with E-state index in [0.29, 0.717) is 0 Å². The van der Waals surface area contributed by atoms with Crippen LogP contribution in [0.25, 0.3) is 32.0 Å². The van der Waals surface area contributed by atoms with Crippen LogP contribution in [0.15, 0.2) is 110 Å². The Balaban J connectivity index is 2.09. The Labute approximate surface area is 203 Å². The van der Waals surface area contributed by atoms with Gasteiger partial charge >= 0.3 is 0 Å². The van der Waals surface area contributed by atoms with Crippen LogP contribution < -0.4 is 0 Å². The molecule has 0 atom stereocenters. The van der Waals surface area contributed by atoms with E-state index in [0.717, 1.165) is 0 Å². The molecule has 3 rings (SSSR count). The first kappa shape index (κ1) is 24.2. The molecule has 0 radical (unpaired) electrons. The normalized spacial score (nSPS) is 12.6. The second kappa shape index (κ2) is 11.4. The maximum absolute atomic E-state index is 3.87. The molecule has 1 heterocycles. The first-order valence-corrected chi connectivity index (χ1v) is 12.1. The zero-order valence-corrected chi connectivity index (χ0v) is 20.9. The maximum Gasteiger partial charge on any atom is 0.0381 e. The molecule has 0 nitrogen and oxygen atoms in total. The first-order valence-electron chi connectivity index (χ1n) is 11.3. The molecule has 1 aromatic heterocycles. The number of hydrogen-bond donors (Lipinski definition) is 0. The highest BCUT2D eigenvalue weighted by Gasteiger charge is 2.16. The van der Waals surface area contributed by atoms with Crippen molar-refractivity contribution in [3.05, 3.63) is 133 Å². The van der Waals surface area contributed by atoms with E-state index in [-0.39, 0.29) is 0 Å². The third-order valence-corrected chi connectivity index (χ3v) is 7.14. The SMILES string of the molecule is C=C/C=C(\C=C/C)c1cccc(-c2sc(-c3cccc(C(/C=C\C)=C/C=C)c3)c(C)c2C)c1. The zero-order chi connectivity index (χ0) is 23.8. The molecule has 3 aromatic rings. The summed E-state index contributed by atoms with van der Waals surface area (Å²) in [5.41, 5.74) is 9.91. The van der Waals surface area contributed by atoms with Gasteiger partial charge in [-0.05, 0) is 84.4 Å². The van der Waals surface area contributed by atoms with Gasteiger partial charge in [0.2, 0.25) is 0 Å². The van der Waals surface area contributed by atoms with Crippen LogP contribution in [-0.2, 0) is 0 Å². The van der Waals surface area contributed by atoms with Gasteiger partial charge in [-0.1, -0.05) is 98.2 Å². The van der Waals surface area contributed by atoms with E-state index in [1.165, 1.54) is 54.3 Å². The number of allylic oxidation sites excluding steroid dienone is 10. The predicted molar refractivity (Wildman–Crippen MR) is 151 cm³/mol. The average Bonchev–Trinajstić information content (AvgIpc) is 3.13. The van der Waals surface area contributed by atoms with Gasteiger partial charge in [0.05, 0.1) is 0 Å². The highest BCUT2D eigenvalue weighted by Crippen LogP contribution is 2.42.